The molecule has 0 aliphatic carbocycles. The van der Waals surface area contributed by atoms with Gasteiger partial charge in [-0.15, -0.1) is 0 Å². The molecule has 6 heteroatoms. The second-order valence-corrected chi connectivity index (χ2v) is 4.96. The fourth-order valence-corrected chi connectivity index (χ4v) is 2.14. The molecular formula is C14H12Cl2N2O2. The van der Waals surface area contributed by atoms with Crippen LogP contribution in [-0.4, -0.2) is 11.0 Å². The van der Waals surface area contributed by atoms with Crippen molar-refractivity contribution in [2.24, 2.45) is 5.73 Å². The number of nitrogens with two attached hydrogens (primary N) is 1. The first-order valence-electron chi connectivity index (χ1n) is 5.78. The summed E-state index contributed by atoms with van der Waals surface area (Å²) in [5, 5.41) is 13.7. The number of halogens is 2. The molecule has 104 valence electrons. The number of nitrogens with one attached hydrogen (secondary N) is 1. The molecule has 0 spiro atoms. The Morgan fingerprint density at radius 2 is 1.95 bits per heavy atom. The van der Waals surface area contributed by atoms with Crippen LogP contribution in [0.15, 0.2) is 36.4 Å². The van der Waals surface area contributed by atoms with Crippen LogP contribution < -0.4 is 11.1 Å². The number of aromatic hydroxyl groups is 1. The standard InChI is InChI=1S/C14H12Cl2N2O2/c15-10-2-1-3-13(19)9(10)7-18-12-6-8(14(17)20)4-5-11(12)16/h1-6,18-19H,7H2,(H2,17,20). The van der Waals surface area contributed by atoms with E-state index in [-0.39, 0.29) is 12.3 Å². The van der Waals surface area contributed by atoms with Crippen LogP contribution in [-0.2, 0) is 6.54 Å². The molecule has 20 heavy (non-hydrogen) atoms. The minimum absolute atomic E-state index is 0.0900. The van der Waals surface area contributed by atoms with Crippen molar-refractivity contribution < 1.29 is 9.90 Å². The fourth-order valence-electron chi connectivity index (χ4n) is 1.72. The van der Waals surface area contributed by atoms with Gasteiger partial charge in [0.2, 0.25) is 5.91 Å². The SMILES string of the molecule is NC(=O)c1ccc(Cl)c(NCc2c(O)cccc2Cl)c1. The first-order valence-corrected chi connectivity index (χ1v) is 6.54. The Balaban J connectivity index is 2.23. The highest BCUT2D eigenvalue weighted by atomic mass is 35.5. The van der Waals surface area contributed by atoms with Gasteiger partial charge < -0.3 is 16.2 Å². The van der Waals surface area contributed by atoms with Crippen LogP contribution in [0.5, 0.6) is 5.75 Å². The molecule has 0 bridgehead atoms. The molecule has 0 saturated carbocycles. The maximum absolute atomic E-state index is 11.1. The second-order valence-electron chi connectivity index (χ2n) is 4.15. The van der Waals surface area contributed by atoms with Gasteiger partial charge >= 0.3 is 0 Å². The number of amides is 1. The molecule has 2 aromatic rings. The number of hydrogen-bond donors (Lipinski definition) is 3. The number of phenols is 1. The van der Waals surface area contributed by atoms with Gasteiger partial charge in [0.1, 0.15) is 5.75 Å². The average molecular weight is 311 g/mol. The van der Waals surface area contributed by atoms with Gasteiger partial charge in [0.25, 0.3) is 0 Å². The van der Waals surface area contributed by atoms with Gasteiger partial charge in [-0.25, -0.2) is 0 Å². The Morgan fingerprint density at radius 3 is 2.60 bits per heavy atom. The van der Waals surface area contributed by atoms with Crippen molar-refractivity contribution in [1.29, 1.82) is 0 Å². The van der Waals surface area contributed by atoms with E-state index in [2.05, 4.69) is 5.32 Å². The van der Waals surface area contributed by atoms with Gasteiger partial charge in [0, 0.05) is 22.7 Å². The molecule has 0 unspecified atom stereocenters. The summed E-state index contributed by atoms with van der Waals surface area (Å²) in [6.45, 7) is 0.271. The third-order valence-electron chi connectivity index (χ3n) is 2.80. The Morgan fingerprint density at radius 1 is 1.20 bits per heavy atom. The predicted molar refractivity (Wildman–Crippen MR) is 80.4 cm³/mol. The number of phenolic OH excluding ortho intramolecular Hbond substituents is 1. The summed E-state index contributed by atoms with van der Waals surface area (Å²) in [4.78, 5) is 11.1. The van der Waals surface area contributed by atoms with Crippen LogP contribution in [0.1, 0.15) is 15.9 Å². The van der Waals surface area contributed by atoms with Gasteiger partial charge in [-0.1, -0.05) is 29.3 Å². The number of hydrogen-bond acceptors (Lipinski definition) is 3. The van der Waals surface area contributed by atoms with Crippen molar-refractivity contribution in [1.82, 2.24) is 0 Å². The zero-order chi connectivity index (χ0) is 14.7. The van der Waals surface area contributed by atoms with E-state index < -0.39 is 5.91 Å². The third-order valence-corrected chi connectivity index (χ3v) is 3.48. The van der Waals surface area contributed by atoms with Gasteiger partial charge in [0.15, 0.2) is 0 Å². The van der Waals surface area contributed by atoms with E-state index >= 15 is 0 Å². The van der Waals surface area contributed by atoms with Crippen LogP contribution in [0.2, 0.25) is 10.0 Å². The van der Waals surface area contributed by atoms with Crippen LogP contribution >= 0.6 is 23.2 Å². The van der Waals surface area contributed by atoms with Crippen molar-refractivity contribution in [3.05, 3.63) is 57.6 Å². The number of benzene rings is 2. The van der Waals surface area contributed by atoms with Crippen molar-refractivity contribution in [2.75, 3.05) is 5.32 Å². The average Bonchev–Trinajstić information content (AvgIpc) is 2.39. The minimum atomic E-state index is -0.537. The lowest BCUT2D eigenvalue weighted by atomic mass is 10.1. The Labute approximate surface area is 126 Å². The number of carbonyl (C=O) groups excluding carboxylic acids is 1. The molecule has 0 atom stereocenters. The van der Waals surface area contributed by atoms with E-state index in [9.17, 15) is 9.90 Å². The normalized spacial score (nSPS) is 10.3. The highest BCUT2D eigenvalue weighted by Gasteiger charge is 2.09. The Hall–Kier alpha value is -1.91. The van der Waals surface area contributed by atoms with Gasteiger partial charge in [-0.05, 0) is 30.3 Å². The van der Waals surface area contributed by atoms with E-state index in [1.54, 1.807) is 36.4 Å². The first kappa shape index (κ1) is 14.5. The summed E-state index contributed by atoms with van der Waals surface area (Å²) >= 11 is 12.0. The van der Waals surface area contributed by atoms with Gasteiger partial charge in [0.05, 0.1) is 10.7 Å². The van der Waals surface area contributed by atoms with Crippen LogP contribution in [0, 0.1) is 0 Å². The number of anilines is 1. The van der Waals surface area contributed by atoms with Crippen LogP contribution in [0.3, 0.4) is 0 Å². The zero-order valence-corrected chi connectivity index (χ0v) is 11.9. The molecule has 0 aliphatic rings. The summed E-state index contributed by atoms with van der Waals surface area (Å²) in [5.74, 6) is -0.447. The molecule has 0 aromatic heterocycles. The van der Waals surface area contributed by atoms with E-state index in [1.165, 1.54) is 0 Å². The van der Waals surface area contributed by atoms with Crippen LogP contribution in [0.4, 0.5) is 5.69 Å². The maximum Gasteiger partial charge on any atom is 0.248 e. The summed E-state index contributed by atoms with van der Waals surface area (Å²) in [6.07, 6.45) is 0. The lowest BCUT2D eigenvalue weighted by molar-refractivity contribution is 0.100. The highest BCUT2D eigenvalue weighted by Crippen LogP contribution is 2.28. The Kier molecular flexibility index (Phi) is 4.37. The smallest absolute Gasteiger partial charge is 0.248 e. The highest BCUT2D eigenvalue weighted by molar-refractivity contribution is 6.33. The second kappa shape index (κ2) is 6.03. The zero-order valence-electron chi connectivity index (χ0n) is 10.4. The summed E-state index contributed by atoms with van der Waals surface area (Å²) in [5.41, 5.74) is 6.66. The van der Waals surface area contributed by atoms with E-state index in [0.717, 1.165) is 0 Å². The summed E-state index contributed by atoms with van der Waals surface area (Å²) in [7, 11) is 0. The molecule has 0 heterocycles. The third kappa shape index (κ3) is 3.15. The van der Waals surface area contributed by atoms with Gasteiger partial charge in [-0.2, -0.15) is 0 Å². The van der Waals surface area contributed by atoms with Crippen molar-refractivity contribution in [3.63, 3.8) is 0 Å². The largest absolute Gasteiger partial charge is 0.508 e. The molecule has 4 N–H and O–H groups in total. The van der Waals surface area contributed by atoms with E-state index in [1.807, 2.05) is 0 Å². The van der Waals surface area contributed by atoms with Crippen molar-refractivity contribution in [2.45, 2.75) is 6.54 Å². The molecule has 2 aromatic carbocycles. The van der Waals surface area contributed by atoms with Crippen molar-refractivity contribution >= 4 is 34.8 Å². The quantitative estimate of drug-likeness (QED) is 0.810. The lowest BCUT2D eigenvalue weighted by Gasteiger charge is -2.11. The number of primary amides is 1. The van der Waals surface area contributed by atoms with Gasteiger partial charge in [-0.3, -0.25) is 4.79 Å². The lowest BCUT2D eigenvalue weighted by Crippen LogP contribution is -2.11. The molecule has 0 saturated heterocycles. The molecule has 0 radical (unpaired) electrons. The van der Waals surface area contributed by atoms with E-state index in [4.69, 9.17) is 28.9 Å². The molecular weight excluding hydrogens is 299 g/mol. The monoisotopic (exact) mass is 310 g/mol. The molecule has 2 rings (SSSR count). The molecule has 0 fully saturated rings. The topological polar surface area (TPSA) is 75.4 Å². The maximum atomic E-state index is 11.1. The van der Waals surface area contributed by atoms with Crippen LogP contribution in [0.25, 0.3) is 0 Å². The Bertz CT molecular complexity index is 639. The van der Waals surface area contributed by atoms with E-state index in [0.29, 0.717) is 26.9 Å². The predicted octanol–water partition coefficient (Wildman–Crippen LogP) is 3.41. The fraction of sp³-hybridized carbons (Fsp3) is 0.0714. The molecule has 0 aliphatic heterocycles. The first-order chi connectivity index (χ1) is 9.49. The number of rotatable bonds is 4. The van der Waals surface area contributed by atoms with Crippen molar-refractivity contribution in [3.8, 4) is 5.75 Å². The summed E-state index contributed by atoms with van der Waals surface area (Å²) < 4.78 is 0. The molecule has 1 amide bonds. The number of carbonyl (C=O) groups is 1. The summed E-state index contributed by atoms with van der Waals surface area (Å²) in [6, 6.07) is 9.56. The molecule has 4 nitrogen and oxygen atoms in total. The minimum Gasteiger partial charge on any atom is -0.508 e.